The third-order valence-corrected chi connectivity index (χ3v) is 3.64. The van der Waals surface area contributed by atoms with E-state index in [1.54, 1.807) is 0 Å². The first-order valence-corrected chi connectivity index (χ1v) is 6.49. The molecule has 2 nitrogen and oxygen atoms in total. The van der Waals surface area contributed by atoms with Crippen molar-refractivity contribution in [2.24, 2.45) is 5.41 Å². The first-order chi connectivity index (χ1) is 7.26. The summed E-state index contributed by atoms with van der Waals surface area (Å²) in [6.45, 7) is 9.92. The molecule has 0 aromatic heterocycles. The van der Waals surface area contributed by atoms with Crippen molar-refractivity contribution in [3.63, 3.8) is 0 Å². The number of hydrogen-bond donors (Lipinski definition) is 0. The van der Waals surface area contributed by atoms with Gasteiger partial charge in [0.25, 0.3) is 0 Å². The highest BCUT2D eigenvalue weighted by Crippen LogP contribution is 2.47. The van der Waals surface area contributed by atoms with Gasteiger partial charge in [-0.15, -0.1) is 0 Å². The largest absolute Gasteiger partial charge is 0.384 e. The number of rotatable bonds is 4. The van der Waals surface area contributed by atoms with E-state index in [1.807, 2.05) is 21.0 Å². The molecule has 0 bridgehead atoms. The molecule has 1 unspecified atom stereocenters. The number of ether oxygens (including phenoxy) is 1. The molecule has 0 spiro atoms. The highest BCUT2D eigenvalue weighted by molar-refractivity contribution is 4.97. The van der Waals surface area contributed by atoms with Crippen LogP contribution in [0.3, 0.4) is 0 Å². The van der Waals surface area contributed by atoms with Crippen LogP contribution < -0.4 is 0 Å². The zero-order valence-electron chi connectivity index (χ0n) is 10.9. The Morgan fingerprint density at radius 3 is 2.40 bits per heavy atom. The van der Waals surface area contributed by atoms with Gasteiger partial charge in [0.1, 0.15) is 0 Å². The highest BCUT2D eigenvalue weighted by atomic mass is 16.5. The maximum Gasteiger partial charge on any atom is 0.0530 e. The molecule has 2 aliphatic rings. The lowest BCUT2D eigenvalue weighted by molar-refractivity contribution is 0.106. The summed E-state index contributed by atoms with van der Waals surface area (Å²) in [5.74, 6) is 0. The molecule has 2 fully saturated rings. The van der Waals surface area contributed by atoms with Crippen LogP contribution in [0.15, 0.2) is 0 Å². The lowest BCUT2D eigenvalue weighted by Gasteiger charge is -2.26. The average Bonchev–Trinajstić information content (AvgIpc) is 2.89. The molecule has 0 radical (unpaired) electrons. The van der Waals surface area contributed by atoms with Gasteiger partial charge in [-0.2, -0.15) is 0 Å². The summed E-state index contributed by atoms with van der Waals surface area (Å²) >= 11 is 0. The van der Waals surface area contributed by atoms with E-state index < -0.39 is 0 Å². The summed E-state index contributed by atoms with van der Waals surface area (Å²) in [6, 6.07) is 0.814. The maximum absolute atomic E-state index is 5.29. The minimum Gasteiger partial charge on any atom is -0.384 e. The van der Waals surface area contributed by atoms with Crippen molar-refractivity contribution in [2.45, 2.75) is 52.5 Å². The third-order valence-electron chi connectivity index (χ3n) is 3.64. The molecule has 1 aliphatic heterocycles. The number of hydrogen-bond acceptors (Lipinski definition) is 2. The van der Waals surface area contributed by atoms with Gasteiger partial charge in [0.05, 0.1) is 6.61 Å². The predicted molar refractivity (Wildman–Crippen MR) is 65.2 cm³/mol. The maximum atomic E-state index is 5.29. The van der Waals surface area contributed by atoms with E-state index in [9.17, 15) is 0 Å². The second-order valence-corrected chi connectivity index (χ2v) is 4.89. The minimum absolute atomic E-state index is 0.549. The molecule has 1 aliphatic carbocycles. The van der Waals surface area contributed by atoms with Crippen LogP contribution in [0.1, 0.15) is 46.5 Å². The fourth-order valence-corrected chi connectivity index (χ4v) is 2.49. The number of likely N-dealkylation sites (tertiary alicyclic amines) is 1. The lowest BCUT2D eigenvalue weighted by atomic mass is 10.1. The Morgan fingerprint density at radius 2 is 2.00 bits per heavy atom. The monoisotopic (exact) mass is 213 g/mol. The van der Waals surface area contributed by atoms with Crippen LogP contribution in [0.2, 0.25) is 0 Å². The molecule has 1 atom stereocenters. The Kier molecular flexibility index (Phi) is 5.07. The van der Waals surface area contributed by atoms with Crippen molar-refractivity contribution < 1.29 is 4.74 Å². The van der Waals surface area contributed by atoms with Crippen molar-refractivity contribution in [3.8, 4) is 0 Å². The molecule has 90 valence electrons. The van der Waals surface area contributed by atoms with E-state index in [0.717, 1.165) is 12.6 Å². The van der Waals surface area contributed by atoms with Crippen molar-refractivity contribution in [1.29, 1.82) is 0 Å². The van der Waals surface area contributed by atoms with Crippen LogP contribution in [-0.2, 0) is 4.74 Å². The number of nitrogens with zero attached hydrogens (tertiary/aromatic N) is 1. The molecule has 1 saturated heterocycles. The van der Waals surface area contributed by atoms with E-state index >= 15 is 0 Å². The van der Waals surface area contributed by atoms with E-state index in [2.05, 4.69) is 11.8 Å². The van der Waals surface area contributed by atoms with Gasteiger partial charge in [-0.25, -0.2) is 0 Å². The zero-order chi connectivity index (χ0) is 11.3. The Morgan fingerprint density at radius 1 is 1.33 bits per heavy atom. The summed E-state index contributed by atoms with van der Waals surface area (Å²) in [7, 11) is 1.83. The van der Waals surface area contributed by atoms with Crippen LogP contribution in [0.25, 0.3) is 0 Å². The topological polar surface area (TPSA) is 12.5 Å². The first kappa shape index (κ1) is 13.0. The Labute approximate surface area is 95.0 Å². The summed E-state index contributed by atoms with van der Waals surface area (Å²) in [4.78, 5) is 2.64. The third kappa shape index (κ3) is 3.46. The van der Waals surface area contributed by atoms with Crippen LogP contribution in [0.4, 0.5) is 0 Å². The second-order valence-electron chi connectivity index (χ2n) is 4.89. The molecule has 0 aromatic carbocycles. The quantitative estimate of drug-likeness (QED) is 0.712. The molecule has 1 heterocycles. The summed E-state index contributed by atoms with van der Waals surface area (Å²) in [5.41, 5.74) is 0.549. The molecule has 0 amide bonds. The molecular weight excluding hydrogens is 186 g/mol. The summed E-state index contributed by atoms with van der Waals surface area (Å²) in [5, 5.41) is 0. The van der Waals surface area contributed by atoms with Crippen LogP contribution >= 0.6 is 0 Å². The molecule has 15 heavy (non-hydrogen) atoms. The van der Waals surface area contributed by atoms with Gasteiger partial charge in [0.2, 0.25) is 0 Å². The SMILES string of the molecule is CC.COCC1(CN2CCCC2C)CC1. The first-order valence-electron chi connectivity index (χ1n) is 6.49. The van der Waals surface area contributed by atoms with Crippen LogP contribution in [-0.4, -0.2) is 37.7 Å². The van der Waals surface area contributed by atoms with Gasteiger partial charge in [0, 0.05) is 25.1 Å². The lowest BCUT2D eigenvalue weighted by Crippen LogP contribution is -2.34. The number of methoxy groups -OCH3 is 1. The van der Waals surface area contributed by atoms with Gasteiger partial charge in [-0.3, -0.25) is 0 Å². The van der Waals surface area contributed by atoms with Gasteiger partial charge in [0.15, 0.2) is 0 Å². The summed E-state index contributed by atoms with van der Waals surface area (Å²) in [6.07, 6.45) is 5.54. The summed E-state index contributed by atoms with van der Waals surface area (Å²) < 4.78 is 5.29. The normalized spacial score (nSPS) is 28.4. The smallest absolute Gasteiger partial charge is 0.0530 e. The fraction of sp³-hybridized carbons (Fsp3) is 1.00. The minimum atomic E-state index is 0.549. The van der Waals surface area contributed by atoms with Gasteiger partial charge < -0.3 is 9.64 Å². The van der Waals surface area contributed by atoms with E-state index in [-0.39, 0.29) is 0 Å². The van der Waals surface area contributed by atoms with E-state index in [0.29, 0.717) is 5.41 Å². The molecule has 0 aromatic rings. The van der Waals surface area contributed by atoms with Gasteiger partial charge in [-0.1, -0.05) is 13.8 Å². The van der Waals surface area contributed by atoms with Crippen molar-refractivity contribution in [1.82, 2.24) is 4.90 Å². The molecule has 1 saturated carbocycles. The predicted octanol–water partition coefficient (Wildman–Crippen LogP) is 2.92. The van der Waals surface area contributed by atoms with Crippen LogP contribution in [0, 0.1) is 5.41 Å². The average molecular weight is 213 g/mol. The molecular formula is C13H27NO. The second kappa shape index (κ2) is 5.86. The Balaban J connectivity index is 0.000000531. The Bertz CT molecular complexity index is 177. The standard InChI is InChI=1S/C11H21NO.C2H6/c1-10-4-3-7-12(10)8-11(5-6-11)9-13-2;1-2/h10H,3-9H2,1-2H3;1-2H3. The fourth-order valence-electron chi connectivity index (χ4n) is 2.49. The van der Waals surface area contributed by atoms with Gasteiger partial charge >= 0.3 is 0 Å². The van der Waals surface area contributed by atoms with Gasteiger partial charge in [-0.05, 0) is 39.2 Å². The zero-order valence-corrected chi connectivity index (χ0v) is 10.9. The molecule has 0 N–H and O–H groups in total. The van der Waals surface area contributed by atoms with Crippen molar-refractivity contribution in [3.05, 3.63) is 0 Å². The Hall–Kier alpha value is -0.0800. The highest BCUT2D eigenvalue weighted by Gasteiger charge is 2.44. The molecule has 2 rings (SSSR count). The van der Waals surface area contributed by atoms with Crippen molar-refractivity contribution >= 4 is 0 Å². The van der Waals surface area contributed by atoms with E-state index in [4.69, 9.17) is 4.74 Å². The van der Waals surface area contributed by atoms with Crippen LogP contribution in [0.5, 0.6) is 0 Å². The van der Waals surface area contributed by atoms with E-state index in [1.165, 1.54) is 38.8 Å². The molecule has 2 heteroatoms. The van der Waals surface area contributed by atoms with Crippen molar-refractivity contribution in [2.75, 3.05) is 26.8 Å².